The van der Waals surface area contributed by atoms with Crippen molar-refractivity contribution in [3.63, 3.8) is 0 Å². The molecule has 17 heavy (non-hydrogen) atoms. The van der Waals surface area contributed by atoms with Gasteiger partial charge in [-0.2, -0.15) is 0 Å². The molecular formula is C13H26N2O2. The monoisotopic (exact) mass is 242 g/mol. The Balaban J connectivity index is 2.22. The molecule has 0 radical (unpaired) electrons. The Hall–Kier alpha value is -0.610. The van der Waals surface area contributed by atoms with Crippen molar-refractivity contribution in [1.82, 2.24) is 5.32 Å². The molecule has 1 fully saturated rings. The van der Waals surface area contributed by atoms with Gasteiger partial charge in [0.2, 0.25) is 5.91 Å². The SMILES string of the molecule is CCNC(CCOC1CCCCC1C)C(N)=O. The molecule has 3 atom stereocenters. The number of nitrogens with one attached hydrogen (secondary N) is 1. The maximum absolute atomic E-state index is 11.1. The zero-order valence-corrected chi connectivity index (χ0v) is 11.1. The van der Waals surface area contributed by atoms with E-state index in [0.717, 1.165) is 13.0 Å². The summed E-state index contributed by atoms with van der Waals surface area (Å²) in [5.74, 6) is 0.363. The number of rotatable bonds is 7. The Morgan fingerprint density at radius 3 is 2.76 bits per heavy atom. The van der Waals surface area contributed by atoms with Crippen molar-refractivity contribution in [2.75, 3.05) is 13.2 Å². The van der Waals surface area contributed by atoms with Gasteiger partial charge < -0.3 is 15.8 Å². The Morgan fingerprint density at radius 1 is 1.47 bits per heavy atom. The maximum atomic E-state index is 11.1. The summed E-state index contributed by atoms with van der Waals surface area (Å²) >= 11 is 0. The first kappa shape index (κ1) is 14.5. The van der Waals surface area contributed by atoms with E-state index >= 15 is 0 Å². The standard InChI is InChI=1S/C13H26N2O2/c1-3-15-11(13(14)16)8-9-17-12-7-5-4-6-10(12)2/h10-12,15H,3-9H2,1-2H3,(H2,14,16). The number of nitrogens with two attached hydrogens (primary N) is 1. The zero-order chi connectivity index (χ0) is 12.7. The Kier molecular flexibility index (Phi) is 6.52. The van der Waals surface area contributed by atoms with Gasteiger partial charge in [-0.05, 0) is 31.7 Å². The second-order valence-corrected chi connectivity index (χ2v) is 4.97. The van der Waals surface area contributed by atoms with E-state index in [1.165, 1.54) is 19.3 Å². The number of amides is 1. The minimum atomic E-state index is -0.285. The van der Waals surface area contributed by atoms with Crippen LogP contribution in [0.4, 0.5) is 0 Å². The van der Waals surface area contributed by atoms with Crippen LogP contribution in [0.2, 0.25) is 0 Å². The van der Waals surface area contributed by atoms with Gasteiger partial charge in [0.25, 0.3) is 0 Å². The zero-order valence-electron chi connectivity index (χ0n) is 11.1. The first-order chi connectivity index (χ1) is 8.15. The predicted molar refractivity (Wildman–Crippen MR) is 68.6 cm³/mol. The van der Waals surface area contributed by atoms with Crippen molar-refractivity contribution < 1.29 is 9.53 Å². The fourth-order valence-electron chi connectivity index (χ4n) is 2.46. The van der Waals surface area contributed by atoms with E-state index in [2.05, 4.69) is 12.2 Å². The van der Waals surface area contributed by atoms with E-state index in [0.29, 0.717) is 25.0 Å². The number of hydrogen-bond acceptors (Lipinski definition) is 3. The van der Waals surface area contributed by atoms with E-state index in [1.54, 1.807) is 0 Å². The highest BCUT2D eigenvalue weighted by molar-refractivity contribution is 5.79. The van der Waals surface area contributed by atoms with Crippen molar-refractivity contribution in [3.8, 4) is 0 Å². The number of hydrogen-bond donors (Lipinski definition) is 2. The maximum Gasteiger partial charge on any atom is 0.234 e. The summed E-state index contributed by atoms with van der Waals surface area (Å²) in [7, 11) is 0. The summed E-state index contributed by atoms with van der Waals surface area (Å²) in [5.41, 5.74) is 5.31. The minimum Gasteiger partial charge on any atom is -0.378 e. The van der Waals surface area contributed by atoms with Gasteiger partial charge in [-0.1, -0.05) is 26.7 Å². The molecule has 1 amide bonds. The van der Waals surface area contributed by atoms with E-state index in [9.17, 15) is 4.79 Å². The lowest BCUT2D eigenvalue weighted by atomic mass is 9.88. The van der Waals surface area contributed by atoms with Crippen molar-refractivity contribution in [2.45, 2.75) is 58.1 Å². The highest BCUT2D eigenvalue weighted by Gasteiger charge is 2.22. The second-order valence-electron chi connectivity index (χ2n) is 4.97. The van der Waals surface area contributed by atoms with Crippen LogP contribution < -0.4 is 11.1 Å². The Morgan fingerprint density at radius 2 is 2.18 bits per heavy atom. The molecular weight excluding hydrogens is 216 g/mol. The molecule has 0 spiro atoms. The van der Waals surface area contributed by atoms with Crippen LogP contribution >= 0.6 is 0 Å². The molecule has 1 rings (SSSR count). The van der Waals surface area contributed by atoms with Crippen LogP contribution in [0.5, 0.6) is 0 Å². The molecule has 0 aromatic carbocycles. The van der Waals surface area contributed by atoms with Crippen molar-refractivity contribution >= 4 is 5.91 Å². The third-order valence-electron chi connectivity index (χ3n) is 3.57. The van der Waals surface area contributed by atoms with Gasteiger partial charge in [0.15, 0.2) is 0 Å². The molecule has 1 saturated carbocycles. The van der Waals surface area contributed by atoms with Gasteiger partial charge in [0.1, 0.15) is 0 Å². The van der Waals surface area contributed by atoms with E-state index in [4.69, 9.17) is 10.5 Å². The van der Waals surface area contributed by atoms with Crippen molar-refractivity contribution in [1.29, 1.82) is 0 Å². The summed E-state index contributed by atoms with van der Waals surface area (Å²) in [6.45, 7) is 5.60. The third-order valence-corrected chi connectivity index (χ3v) is 3.57. The lowest BCUT2D eigenvalue weighted by molar-refractivity contribution is -0.120. The lowest BCUT2D eigenvalue weighted by Gasteiger charge is -2.29. The molecule has 3 N–H and O–H groups in total. The van der Waals surface area contributed by atoms with Crippen LogP contribution in [0.15, 0.2) is 0 Å². The Bertz CT molecular complexity index is 233. The largest absolute Gasteiger partial charge is 0.378 e. The van der Waals surface area contributed by atoms with Crippen molar-refractivity contribution in [2.24, 2.45) is 11.7 Å². The molecule has 0 saturated heterocycles. The Labute approximate surface area is 104 Å². The molecule has 100 valence electrons. The van der Waals surface area contributed by atoms with Gasteiger partial charge >= 0.3 is 0 Å². The summed E-state index contributed by atoms with van der Waals surface area (Å²) in [6, 6.07) is -0.251. The number of ether oxygens (including phenoxy) is 1. The minimum absolute atomic E-state index is 0.251. The normalized spacial score (nSPS) is 26.7. The summed E-state index contributed by atoms with van der Waals surface area (Å²) in [5, 5.41) is 3.08. The fraction of sp³-hybridized carbons (Fsp3) is 0.923. The molecule has 4 heteroatoms. The molecule has 1 aliphatic carbocycles. The molecule has 0 aliphatic heterocycles. The summed E-state index contributed by atoms with van der Waals surface area (Å²) in [4.78, 5) is 11.1. The first-order valence-electron chi connectivity index (χ1n) is 6.79. The van der Waals surface area contributed by atoms with Crippen LogP contribution in [0.25, 0.3) is 0 Å². The van der Waals surface area contributed by atoms with Gasteiger partial charge in [-0.25, -0.2) is 0 Å². The first-order valence-corrected chi connectivity index (χ1v) is 6.79. The van der Waals surface area contributed by atoms with Crippen LogP contribution in [-0.4, -0.2) is 31.2 Å². The number of primary amides is 1. The summed E-state index contributed by atoms with van der Waals surface area (Å²) in [6.07, 6.45) is 6.05. The van der Waals surface area contributed by atoms with E-state index < -0.39 is 0 Å². The van der Waals surface area contributed by atoms with Crippen LogP contribution in [0, 0.1) is 5.92 Å². The van der Waals surface area contributed by atoms with Gasteiger partial charge in [0.05, 0.1) is 12.1 Å². The number of carbonyl (C=O) groups is 1. The average Bonchev–Trinajstić information content (AvgIpc) is 2.30. The average molecular weight is 242 g/mol. The smallest absolute Gasteiger partial charge is 0.234 e. The molecule has 1 aliphatic rings. The highest BCUT2D eigenvalue weighted by atomic mass is 16.5. The quantitative estimate of drug-likeness (QED) is 0.710. The lowest BCUT2D eigenvalue weighted by Crippen LogP contribution is -2.42. The van der Waals surface area contributed by atoms with Gasteiger partial charge in [0, 0.05) is 6.61 Å². The number of carbonyl (C=O) groups excluding carboxylic acids is 1. The summed E-state index contributed by atoms with van der Waals surface area (Å²) < 4.78 is 5.87. The fourth-order valence-corrected chi connectivity index (χ4v) is 2.46. The van der Waals surface area contributed by atoms with Gasteiger partial charge in [-0.15, -0.1) is 0 Å². The molecule has 4 nitrogen and oxygen atoms in total. The molecule has 0 aromatic heterocycles. The van der Waals surface area contributed by atoms with Gasteiger partial charge in [-0.3, -0.25) is 4.79 Å². The van der Waals surface area contributed by atoms with Crippen molar-refractivity contribution in [3.05, 3.63) is 0 Å². The highest BCUT2D eigenvalue weighted by Crippen LogP contribution is 2.26. The second kappa shape index (κ2) is 7.67. The van der Waals surface area contributed by atoms with E-state index in [1.807, 2.05) is 6.92 Å². The topological polar surface area (TPSA) is 64.3 Å². The molecule has 0 aromatic rings. The number of likely N-dealkylation sites (N-methyl/N-ethyl adjacent to an activating group) is 1. The molecule has 0 heterocycles. The third kappa shape index (κ3) is 5.04. The molecule has 0 bridgehead atoms. The van der Waals surface area contributed by atoms with E-state index in [-0.39, 0.29) is 11.9 Å². The van der Waals surface area contributed by atoms with Crippen LogP contribution in [0.3, 0.4) is 0 Å². The predicted octanol–water partition coefficient (Wildman–Crippen LogP) is 1.44. The van der Waals surface area contributed by atoms with Crippen LogP contribution in [-0.2, 0) is 9.53 Å². The van der Waals surface area contributed by atoms with Crippen LogP contribution in [0.1, 0.15) is 46.0 Å². The molecule has 3 unspecified atom stereocenters.